The smallest absolute Gasteiger partial charge is 0.405 e. The van der Waals surface area contributed by atoms with Gasteiger partial charge in [0.2, 0.25) is 5.28 Å². The van der Waals surface area contributed by atoms with Crippen LogP contribution in [-0.2, 0) is 0 Å². The van der Waals surface area contributed by atoms with Gasteiger partial charge in [-0.1, -0.05) is 0 Å². The summed E-state index contributed by atoms with van der Waals surface area (Å²) in [5.74, 6) is 0.0881. The molecule has 0 aliphatic heterocycles. The number of hydrogen-bond acceptors (Lipinski definition) is 4. The average molecular weight is 369 g/mol. The van der Waals surface area contributed by atoms with Crippen LogP contribution < -0.4 is 10.1 Å². The fourth-order valence-corrected chi connectivity index (χ4v) is 1.95. The molecule has 0 aliphatic rings. The van der Waals surface area contributed by atoms with Gasteiger partial charge in [0.05, 0.1) is 4.47 Å². The van der Waals surface area contributed by atoms with Gasteiger partial charge in [-0.15, -0.1) is 13.2 Å². The van der Waals surface area contributed by atoms with Crippen LogP contribution in [0.25, 0.3) is 0 Å². The third-order valence-corrected chi connectivity index (χ3v) is 2.86. The maximum absolute atomic E-state index is 12.1. The molecule has 1 aromatic carbocycles. The van der Waals surface area contributed by atoms with E-state index in [1.807, 2.05) is 0 Å². The zero-order chi connectivity index (χ0) is 14.8. The fraction of sp³-hybridized carbons (Fsp3) is 0.0909. The molecule has 106 valence electrons. The molecule has 1 aromatic heterocycles. The maximum Gasteiger partial charge on any atom is 0.573 e. The van der Waals surface area contributed by atoms with Crippen LogP contribution in [0.1, 0.15) is 0 Å². The third-order valence-electron chi connectivity index (χ3n) is 2.06. The second-order valence-corrected chi connectivity index (χ2v) is 4.72. The number of anilines is 2. The summed E-state index contributed by atoms with van der Waals surface area (Å²) in [7, 11) is 0. The van der Waals surface area contributed by atoms with Gasteiger partial charge in [0, 0.05) is 11.9 Å². The van der Waals surface area contributed by atoms with E-state index >= 15 is 0 Å². The zero-order valence-electron chi connectivity index (χ0n) is 9.58. The second kappa shape index (κ2) is 5.84. The maximum atomic E-state index is 12.1. The van der Waals surface area contributed by atoms with E-state index in [-0.39, 0.29) is 15.5 Å². The number of hydrogen-bond donors (Lipinski definition) is 1. The van der Waals surface area contributed by atoms with Gasteiger partial charge >= 0.3 is 6.36 Å². The lowest BCUT2D eigenvalue weighted by Gasteiger charge is -2.12. The molecule has 0 aliphatic carbocycles. The van der Waals surface area contributed by atoms with Crippen molar-refractivity contribution in [2.75, 3.05) is 5.32 Å². The van der Waals surface area contributed by atoms with Crippen LogP contribution in [-0.4, -0.2) is 16.3 Å². The summed E-state index contributed by atoms with van der Waals surface area (Å²) in [4.78, 5) is 7.61. The van der Waals surface area contributed by atoms with Crippen molar-refractivity contribution in [2.24, 2.45) is 0 Å². The molecule has 2 aromatic rings. The molecule has 0 fully saturated rings. The van der Waals surface area contributed by atoms with Crippen molar-refractivity contribution in [1.82, 2.24) is 9.97 Å². The monoisotopic (exact) mass is 367 g/mol. The molecule has 0 unspecified atom stereocenters. The van der Waals surface area contributed by atoms with E-state index in [9.17, 15) is 13.2 Å². The molecule has 1 heterocycles. The number of ether oxygens (including phenoxy) is 1. The Labute approximate surface area is 125 Å². The summed E-state index contributed by atoms with van der Waals surface area (Å²) < 4.78 is 40.4. The Morgan fingerprint density at radius 2 is 2.00 bits per heavy atom. The lowest BCUT2D eigenvalue weighted by molar-refractivity contribution is -0.274. The summed E-state index contributed by atoms with van der Waals surface area (Å²) >= 11 is 8.63. The number of alkyl halides is 3. The molecule has 0 amide bonds. The van der Waals surface area contributed by atoms with Gasteiger partial charge in [0.1, 0.15) is 11.6 Å². The standard InChI is InChI=1S/C11H6BrClF3N3O/c12-7-5-6(1-2-8(7)20-11(14,15)16)18-9-3-4-17-10(13)19-9/h1-5H,(H,17,18,19). The van der Waals surface area contributed by atoms with E-state index in [4.69, 9.17) is 11.6 Å². The van der Waals surface area contributed by atoms with Gasteiger partial charge in [0.15, 0.2) is 0 Å². The molecular formula is C11H6BrClF3N3O. The number of nitrogens with zero attached hydrogens (tertiary/aromatic N) is 2. The van der Waals surface area contributed by atoms with Crippen molar-refractivity contribution in [1.29, 1.82) is 0 Å². The molecule has 0 bridgehead atoms. The zero-order valence-corrected chi connectivity index (χ0v) is 11.9. The Hall–Kier alpha value is -1.54. The predicted octanol–water partition coefficient (Wildman–Crippen LogP) is 4.53. The Morgan fingerprint density at radius 1 is 1.25 bits per heavy atom. The molecule has 1 N–H and O–H groups in total. The quantitative estimate of drug-likeness (QED) is 0.808. The van der Waals surface area contributed by atoms with Crippen molar-refractivity contribution < 1.29 is 17.9 Å². The molecule has 20 heavy (non-hydrogen) atoms. The number of nitrogens with one attached hydrogen (secondary N) is 1. The lowest BCUT2D eigenvalue weighted by Crippen LogP contribution is -2.17. The summed E-state index contributed by atoms with van der Waals surface area (Å²) in [5, 5.41) is 2.93. The Balaban J connectivity index is 2.17. The minimum absolute atomic E-state index is 0.0612. The highest BCUT2D eigenvalue weighted by molar-refractivity contribution is 9.10. The topological polar surface area (TPSA) is 47.0 Å². The minimum atomic E-state index is -4.74. The van der Waals surface area contributed by atoms with Crippen molar-refractivity contribution >= 4 is 39.0 Å². The van der Waals surface area contributed by atoms with E-state index < -0.39 is 6.36 Å². The fourth-order valence-electron chi connectivity index (χ4n) is 1.34. The first-order valence-electron chi connectivity index (χ1n) is 5.14. The molecule has 0 radical (unpaired) electrons. The van der Waals surface area contributed by atoms with Crippen LogP contribution in [0.3, 0.4) is 0 Å². The van der Waals surface area contributed by atoms with Gasteiger partial charge in [-0.05, 0) is 51.8 Å². The normalized spacial score (nSPS) is 11.2. The van der Waals surface area contributed by atoms with E-state index in [0.717, 1.165) is 0 Å². The SMILES string of the molecule is FC(F)(F)Oc1ccc(Nc2ccnc(Cl)n2)cc1Br. The van der Waals surface area contributed by atoms with Crippen LogP contribution in [0.4, 0.5) is 24.7 Å². The number of benzene rings is 1. The van der Waals surface area contributed by atoms with Gasteiger partial charge in [-0.2, -0.15) is 0 Å². The summed E-state index contributed by atoms with van der Waals surface area (Å²) in [5.41, 5.74) is 0.515. The van der Waals surface area contributed by atoms with Crippen molar-refractivity contribution in [3.05, 3.63) is 40.2 Å². The predicted molar refractivity (Wildman–Crippen MR) is 71.1 cm³/mol. The van der Waals surface area contributed by atoms with Gasteiger partial charge < -0.3 is 10.1 Å². The summed E-state index contributed by atoms with van der Waals surface area (Å²) in [6.07, 6.45) is -3.29. The average Bonchev–Trinajstić information content (AvgIpc) is 2.31. The molecular weight excluding hydrogens is 362 g/mol. The molecule has 9 heteroatoms. The second-order valence-electron chi connectivity index (χ2n) is 3.53. The number of halogens is 5. The van der Waals surface area contributed by atoms with Crippen LogP contribution in [0.5, 0.6) is 5.75 Å². The van der Waals surface area contributed by atoms with E-state index in [1.165, 1.54) is 24.4 Å². The molecule has 0 atom stereocenters. The summed E-state index contributed by atoms with van der Waals surface area (Å²) in [6, 6.07) is 5.60. The van der Waals surface area contributed by atoms with Gasteiger partial charge in [0.25, 0.3) is 0 Å². The highest BCUT2D eigenvalue weighted by atomic mass is 79.9. The Bertz CT molecular complexity index is 624. The number of rotatable bonds is 3. The summed E-state index contributed by atoms with van der Waals surface area (Å²) in [6.45, 7) is 0. The van der Waals surface area contributed by atoms with Gasteiger partial charge in [-0.3, -0.25) is 0 Å². The van der Waals surface area contributed by atoms with E-state index in [2.05, 4.69) is 36.0 Å². The molecule has 2 rings (SSSR count). The van der Waals surface area contributed by atoms with Crippen molar-refractivity contribution in [2.45, 2.75) is 6.36 Å². The number of aromatic nitrogens is 2. The van der Waals surface area contributed by atoms with Crippen LogP contribution >= 0.6 is 27.5 Å². The van der Waals surface area contributed by atoms with E-state index in [1.54, 1.807) is 6.07 Å². The molecule has 0 saturated carbocycles. The lowest BCUT2D eigenvalue weighted by atomic mass is 10.3. The molecule has 0 saturated heterocycles. The largest absolute Gasteiger partial charge is 0.573 e. The van der Waals surface area contributed by atoms with Crippen molar-refractivity contribution in [3.8, 4) is 5.75 Å². The Kier molecular flexibility index (Phi) is 4.34. The first kappa shape index (κ1) is 14.9. The van der Waals surface area contributed by atoms with E-state index in [0.29, 0.717) is 11.5 Å². The van der Waals surface area contributed by atoms with Crippen LogP contribution in [0.2, 0.25) is 5.28 Å². The van der Waals surface area contributed by atoms with Crippen LogP contribution in [0, 0.1) is 0 Å². The first-order chi connectivity index (χ1) is 9.33. The van der Waals surface area contributed by atoms with Gasteiger partial charge in [-0.25, -0.2) is 9.97 Å². The molecule has 4 nitrogen and oxygen atoms in total. The highest BCUT2D eigenvalue weighted by Gasteiger charge is 2.31. The van der Waals surface area contributed by atoms with Crippen LogP contribution in [0.15, 0.2) is 34.9 Å². The van der Waals surface area contributed by atoms with Crippen molar-refractivity contribution in [3.63, 3.8) is 0 Å². The third kappa shape index (κ3) is 4.24. The minimum Gasteiger partial charge on any atom is -0.405 e. The first-order valence-corrected chi connectivity index (χ1v) is 6.31. The molecule has 0 spiro atoms. The highest BCUT2D eigenvalue weighted by Crippen LogP contribution is 2.33. The Morgan fingerprint density at radius 3 is 2.60 bits per heavy atom.